The number of fused-ring (bicyclic) bond motifs is 5. The highest BCUT2D eigenvalue weighted by molar-refractivity contribution is 9.09. The van der Waals surface area contributed by atoms with Crippen LogP contribution in [0.5, 0.6) is 0 Å². The van der Waals surface area contributed by atoms with Crippen molar-refractivity contribution in [2.24, 2.45) is 29.1 Å². The van der Waals surface area contributed by atoms with Crippen LogP contribution in [-0.4, -0.2) is 56.2 Å². The summed E-state index contributed by atoms with van der Waals surface area (Å²) in [6.45, 7) is 11.1. The van der Waals surface area contributed by atoms with Gasteiger partial charge in [-0.25, -0.2) is 0 Å². The fourth-order valence-electron chi connectivity index (χ4n) is 9.18. The van der Waals surface area contributed by atoms with Crippen LogP contribution in [0.25, 0.3) is 0 Å². The first-order chi connectivity index (χ1) is 20.7. The summed E-state index contributed by atoms with van der Waals surface area (Å²) in [4.78, 5) is 39.3. The molecule has 4 rings (SSSR count). The molecule has 8 heteroatoms. The van der Waals surface area contributed by atoms with E-state index in [1.54, 1.807) is 13.0 Å². The van der Waals surface area contributed by atoms with Crippen molar-refractivity contribution in [3.63, 3.8) is 0 Å². The standard InChI is InChI=1S/C36H55BrO7/c1-7-8-9-10-11-12-13-14-15-16-17-18-29(39)43-32-24(3)35(42)27(30-33(5,6)36(30,32)44-25(4)38)20-26(22-37)21-34(41)28(35)19-23(2)31(34)40/h19-20,24,27-28,30,32,41-42H,7-18,21-22H2,1-6H3/t24-,27+,28-,30-,32-,34-,35-,36-/m1/s1. The van der Waals surface area contributed by atoms with Gasteiger partial charge in [0, 0.05) is 54.2 Å². The molecule has 4 aliphatic rings. The average Bonchev–Trinajstić information content (AvgIpc) is 3.38. The molecule has 2 fully saturated rings. The Morgan fingerprint density at radius 1 is 0.977 bits per heavy atom. The van der Waals surface area contributed by atoms with Crippen molar-refractivity contribution < 1.29 is 34.1 Å². The lowest BCUT2D eigenvalue weighted by molar-refractivity contribution is -0.228. The van der Waals surface area contributed by atoms with Crippen LogP contribution >= 0.6 is 15.9 Å². The van der Waals surface area contributed by atoms with Gasteiger partial charge in [0.25, 0.3) is 0 Å². The van der Waals surface area contributed by atoms with E-state index in [1.807, 2.05) is 26.8 Å². The van der Waals surface area contributed by atoms with Crippen LogP contribution in [0.1, 0.15) is 125 Å². The average molecular weight is 680 g/mol. The summed E-state index contributed by atoms with van der Waals surface area (Å²) in [5.41, 5.74) is -3.93. The number of carbonyl (C=O) groups is 3. The molecular weight excluding hydrogens is 624 g/mol. The molecular formula is C36H55BrO7. The first-order valence-electron chi connectivity index (χ1n) is 17.1. The number of ether oxygens (including phenoxy) is 2. The number of aliphatic hydroxyl groups is 2. The molecule has 0 aromatic heterocycles. The summed E-state index contributed by atoms with van der Waals surface area (Å²) >= 11 is 3.53. The number of esters is 2. The van der Waals surface area contributed by atoms with E-state index in [1.165, 1.54) is 58.3 Å². The first-order valence-corrected chi connectivity index (χ1v) is 18.2. The number of Topliss-reactive ketones (excluding diaryl/α,β-unsaturated/α-hetero) is 1. The Morgan fingerprint density at radius 3 is 2.09 bits per heavy atom. The number of unbranched alkanes of at least 4 members (excludes halogenated alkanes) is 10. The zero-order chi connectivity index (χ0) is 32.5. The van der Waals surface area contributed by atoms with Gasteiger partial charge in [-0.2, -0.15) is 0 Å². The number of hydrogen-bond donors (Lipinski definition) is 2. The van der Waals surface area contributed by atoms with Gasteiger partial charge in [-0.1, -0.05) is 126 Å². The van der Waals surface area contributed by atoms with E-state index in [0.29, 0.717) is 17.3 Å². The molecule has 4 aliphatic carbocycles. The normalized spacial score (nSPS) is 36.8. The Kier molecular flexibility index (Phi) is 11.0. The number of carbonyl (C=O) groups excluding carboxylic acids is 3. The molecule has 0 unspecified atom stereocenters. The SMILES string of the molecule is CCCCCCCCCCCCCC(=O)O[C@@H]1[C@@H](C)[C@@]2(O)[C@@H](C=C(CBr)C[C@]3(O)C(=O)C(C)=C[C@@H]23)[C@@H]2C(C)(C)[C@]12OC(C)=O. The zero-order valence-corrected chi connectivity index (χ0v) is 29.3. The van der Waals surface area contributed by atoms with Crippen LogP contribution in [0.4, 0.5) is 0 Å². The van der Waals surface area contributed by atoms with Gasteiger partial charge in [-0.3, -0.25) is 14.4 Å². The number of hydrogen-bond acceptors (Lipinski definition) is 7. The van der Waals surface area contributed by atoms with E-state index >= 15 is 0 Å². The third-order valence-corrected chi connectivity index (χ3v) is 12.2. The third-order valence-electron chi connectivity index (χ3n) is 11.5. The Labute approximate surface area is 272 Å². The molecule has 0 heterocycles. The van der Waals surface area contributed by atoms with Crippen molar-refractivity contribution in [2.75, 3.05) is 5.33 Å². The van der Waals surface area contributed by atoms with Gasteiger partial charge >= 0.3 is 11.9 Å². The minimum absolute atomic E-state index is 0.0954. The largest absolute Gasteiger partial charge is 0.458 e. The zero-order valence-electron chi connectivity index (χ0n) is 27.8. The van der Waals surface area contributed by atoms with E-state index in [-0.39, 0.29) is 30.5 Å². The second-order valence-corrected chi connectivity index (χ2v) is 15.3. The molecule has 2 N–H and O–H groups in total. The highest BCUT2D eigenvalue weighted by Crippen LogP contribution is 2.77. The molecule has 7 nitrogen and oxygen atoms in total. The maximum atomic E-state index is 13.4. The van der Waals surface area contributed by atoms with Gasteiger partial charge in [0.15, 0.2) is 11.4 Å². The lowest BCUT2D eigenvalue weighted by Crippen LogP contribution is -2.66. The van der Waals surface area contributed by atoms with Crippen LogP contribution in [0, 0.1) is 29.1 Å². The second kappa shape index (κ2) is 13.7. The van der Waals surface area contributed by atoms with E-state index in [0.717, 1.165) is 18.4 Å². The molecule has 0 bridgehead atoms. The van der Waals surface area contributed by atoms with Crippen molar-refractivity contribution >= 4 is 33.7 Å². The molecule has 248 valence electrons. The van der Waals surface area contributed by atoms with Crippen LogP contribution < -0.4 is 0 Å². The molecule has 8 atom stereocenters. The van der Waals surface area contributed by atoms with Crippen molar-refractivity contribution in [3.05, 3.63) is 23.3 Å². The molecule has 0 aliphatic heterocycles. The lowest BCUT2D eigenvalue weighted by Gasteiger charge is -2.53. The number of ketones is 1. The summed E-state index contributed by atoms with van der Waals surface area (Å²) in [5, 5.41) is 25.2. The highest BCUT2D eigenvalue weighted by Gasteiger charge is 2.87. The Balaban J connectivity index is 1.51. The maximum Gasteiger partial charge on any atom is 0.306 e. The van der Waals surface area contributed by atoms with E-state index in [4.69, 9.17) is 9.47 Å². The van der Waals surface area contributed by atoms with Gasteiger partial charge < -0.3 is 19.7 Å². The van der Waals surface area contributed by atoms with Crippen molar-refractivity contribution in [1.82, 2.24) is 0 Å². The van der Waals surface area contributed by atoms with Crippen LogP contribution in [0.15, 0.2) is 23.3 Å². The minimum Gasteiger partial charge on any atom is -0.458 e. The van der Waals surface area contributed by atoms with Crippen molar-refractivity contribution in [3.8, 4) is 0 Å². The lowest BCUT2D eigenvalue weighted by atomic mass is 9.59. The van der Waals surface area contributed by atoms with Crippen LogP contribution in [0.2, 0.25) is 0 Å². The van der Waals surface area contributed by atoms with Crippen LogP contribution in [-0.2, 0) is 23.9 Å². The van der Waals surface area contributed by atoms with Gasteiger partial charge in [-0.05, 0) is 18.9 Å². The second-order valence-electron chi connectivity index (χ2n) is 14.7. The smallest absolute Gasteiger partial charge is 0.306 e. The number of halogens is 1. The molecule has 44 heavy (non-hydrogen) atoms. The van der Waals surface area contributed by atoms with Gasteiger partial charge in [0.05, 0.1) is 5.60 Å². The molecule has 0 amide bonds. The summed E-state index contributed by atoms with van der Waals surface area (Å²) in [5.74, 6) is -3.75. The fraction of sp³-hybridized carbons (Fsp3) is 0.806. The predicted molar refractivity (Wildman–Crippen MR) is 174 cm³/mol. The third kappa shape index (κ3) is 6.01. The highest BCUT2D eigenvalue weighted by atomic mass is 79.9. The minimum atomic E-state index is -1.80. The summed E-state index contributed by atoms with van der Waals surface area (Å²) in [6.07, 6.45) is 16.0. The Morgan fingerprint density at radius 2 is 1.55 bits per heavy atom. The molecule has 0 saturated heterocycles. The maximum absolute atomic E-state index is 13.4. The van der Waals surface area contributed by atoms with E-state index in [2.05, 4.69) is 22.9 Å². The van der Waals surface area contributed by atoms with Crippen molar-refractivity contribution in [2.45, 2.75) is 148 Å². The van der Waals surface area contributed by atoms with Gasteiger partial charge in [-0.15, -0.1) is 0 Å². The summed E-state index contributed by atoms with van der Waals surface area (Å²) in [7, 11) is 0. The van der Waals surface area contributed by atoms with Crippen LogP contribution in [0.3, 0.4) is 0 Å². The topological polar surface area (TPSA) is 110 Å². The molecule has 0 spiro atoms. The quantitative estimate of drug-likeness (QED) is 0.0819. The fourth-order valence-corrected chi connectivity index (χ4v) is 9.56. The Hall–Kier alpha value is -1.51. The number of rotatable bonds is 15. The first kappa shape index (κ1) is 35.3. The van der Waals surface area contributed by atoms with Crippen molar-refractivity contribution in [1.29, 1.82) is 0 Å². The van der Waals surface area contributed by atoms with Gasteiger partial charge in [0.1, 0.15) is 11.7 Å². The predicted octanol–water partition coefficient (Wildman–Crippen LogP) is 7.16. The van der Waals surface area contributed by atoms with Gasteiger partial charge in [0.2, 0.25) is 0 Å². The molecule has 0 aromatic carbocycles. The monoisotopic (exact) mass is 678 g/mol. The van der Waals surface area contributed by atoms with E-state index in [9.17, 15) is 24.6 Å². The number of alkyl halides is 1. The molecule has 0 aromatic rings. The molecule has 2 saturated carbocycles. The molecule has 0 radical (unpaired) electrons. The summed E-state index contributed by atoms with van der Waals surface area (Å²) < 4.78 is 12.4. The summed E-state index contributed by atoms with van der Waals surface area (Å²) in [6, 6.07) is 0. The Bertz CT molecular complexity index is 1160. The van der Waals surface area contributed by atoms with E-state index < -0.39 is 52.0 Å².